The third-order valence-corrected chi connectivity index (χ3v) is 2.04. The van der Waals surface area contributed by atoms with Crippen molar-refractivity contribution in [1.29, 1.82) is 0 Å². The first kappa shape index (κ1) is 8.84. The van der Waals surface area contributed by atoms with E-state index in [1.807, 2.05) is 19.9 Å². The summed E-state index contributed by atoms with van der Waals surface area (Å²) >= 11 is 0. The Kier molecular flexibility index (Phi) is 2.53. The Morgan fingerprint density at radius 3 is 2.92 bits per heavy atom. The summed E-state index contributed by atoms with van der Waals surface area (Å²) in [7, 11) is 0. The first-order valence-electron chi connectivity index (χ1n) is 4.10. The maximum atomic E-state index is 11.2. The molecule has 0 spiro atoms. The van der Waals surface area contributed by atoms with Crippen molar-refractivity contribution >= 4 is 6.03 Å². The van der Waals surface area contributed by atoms with Gasteiger partial charge in [0.15, 0.2) is 0 Å². The molecule has 0 unspecified atom stereocenters. The summed E-state index contributed by atoms with van der Waals surface area (Å²) in [6, 6.07) is -0.0481. The lowest BCUT2D eigenvalue weighted by atomic mass is 10.1. The summed E-state index contributed by atoms with van der Waals surface area (Å²) in [5.74, 6) is 0. The average molecular weight is 166 g/mol. The highest BCUT2D eigenvalue weighted by Crippen LogP contribution is 2.16. The van der Waals surface area contributed by atoms with Gasteiger partial charge < -0.3 is 5.32 Å². The Balaban J connectivity index is 2.84. The predicted octanol–water partition coefficient (Wildman–Crippen LogP) is 1.49. The number of amides is 2. The standard InChI is InChI=1S/C9H14N2O/c1-4-8-6-10-9(12)11(5-2)7(8)3/h4H,3,5-6H2,1-2H3,(H,10,12)/b8-4-. The van der Waals surface area contributed by atoms with Crippen LogP contribution in [0.1, 0.15) is 13.8 Å². The van der Waals surface area contributed by atoms with Crippen molar-refractivity contribution in [2.24, 2.45) is 0 Å². The minimum Gasteiger partial charge on any atom is -0.334 e. The average Bonchev–Trinajstić information content (AvgIpc) is 2.06. The lowest BCUT2D eigenvalue weighted by Gasteiger charge is -2.30. The van der Waals surface area contributed by atoms with Crippen LogP contribution >= 0.6 is 0 Å². The zero-order valence-corrected chi connectivity index (χ0v) is 7.55. The number of carbonyl (C=O) groups is 1. The zero-order chi connectivity index (χ0) is 9.14. The summed E-state index contributed by atoms with van der Waals surface area (Å²) in [5, 5.41) is 2.77. The van der Waals surface area contributed by atoms with Crippen molar-refractivity contribution in [3.05, 3.63) is 23.9 Å². The molecule has 12 heavy (non-hydrogen) atoms. The fourth-order valence-electron chi connectivity index (χ4n) is 1.27. The van der Waals surface area contributed by atoms with Crippen LogP contribution < -0.4 is 5.32 Å². The molecule has 1 aliphatic heterocycles. The maximum absolute atomic E-state index is 11.2. The molecule has 1 fully saturated rings. The Morgan fingerprint density at radius 2 is 2.42 bits per heavy atom. The molecule has 3 heteroatoms. The van der Waals surface area contributed by atoms with Crippen LogP contribution in [0.5, 0.6) is 0 Å². The van der Waals surface area contributed by atoms with E-state index in [0.717, 1.165) is 11.3 Å². The molecule has 1 aliphatic rings. The van der Waals surface area contributed by atoms with E-state index in [4.69, 9.17) is 0 Å². The SMILES string of the molecule is C=C1/C(=C\C)CNC(=O)N1CC. The number of allylic oxidation sites excluding steroid dienone is 1. The van der Waals surface area contributed by atoms with Gasteiger partial charge in [-0.2, -0.15) is 0 Å². The van der Waals surface area contributed by atoms with Gasteiger partial charge in [-0.25, -0.2) is 4.79 Å². The van der Waals surface area contributed by atoms with Gasteiger partial charge in [-0.1, -0.05) is 12.7 Å². The van der Waals surface area contributed by atoms with Crippen molar-refractivity contribution in [3.63, 3.8) is 0 Å². The molecule has 66 valence electrons. The van der Waals surface area contributed by atoms with Gasteiger partial charge >= 0.3 is 6.03 Å². The maximum Gasteiger partial charge on any atom is 0.322 e. The third kappa shape index (κ3) is 1.35. The monoisotopic (exact) mass is 166 g/mol. The van der Waals surface area contributed by atoms with E-state index < -0.39 is 0 Å². The van der Waals surface area contributed by atoms with Gasteiger partial charge in [0, 0.05) is 18.8 Å². The van der Waals surface area contributed by atoms with Crippen LogP contribution in [0, 0.1) is 0 Å². The summed E-state index contributed by atoms with van der Waals surface area (Å²) < 4.78 is 0. The second-order valence-corrected chi connectivity index (χ2v) is 2.66. The van der Waals surface area contributed by atoms with Gasteiger partial charge in [-0.05, 0) is 19.4 Å². The topological polar surface area (TPSA) is 32.3 Å². The number of nitrogens with one attached hydrogen (secondary N) is 1. The molecule has 0 aliphatic carbocycles. The highest BCUT2D eigenvalue weighted by Gasteiger charge is 2.22. The van der Waals surface area contributed by atoms with E-state index in [1.165, 1.54) is 0 Å². The molecule has 1 saturated heterocycles. The summed E-state index contributed by atoms with van der Waals surface area (Å²) in [6.45, 7) is 9.02. The van der Waals surface area contributed by atoms with Crippen LogP contribution in [0.2, 0.25) is 0 Å². The Morgan fingerprint density at radius 1 is 1.75 bits per heavy atom. The Hall–Kier alpha value is -1.25. The second kappa shape index (κ2) is 3.43. The van der Waals surface area contributed by atoms with E-state index in [1.54, 1.807) is 4.90 Å². The summed E-state index contributed by atoms with van der Waals surface area (Å²) in [5.41, 5.74) is 1.92. The van der Waals surface area contributed by atoms with Crippen LogP contribution in [-0.2, 0) is 0 Å². The lowest BCUT2D eigenvalue weighted by molar-refractivity contribution is 0.210. The smallest absolute Gasteiger partial charge is 0.322 e. The van der Waals surface area contributed by atoms with Crippen LogP contribution in [0.3, 0.4) is 0 Å². The second-order valence-electron chi connectivity index (χ2n) is 2.66. The van der Waals surface area contributed by atoms with Gasteiger partial charge in [0.05, 0.1) is 0 Å². The first-order chi connectivity index (χ1) is 5.70. The number of rotatable bonds is 1. The van der Waals surface area contributed by atoms with E-state index in [2.05, 4.69) is 11.9 Å². The molecule has 0 bridgehead atoms. The van der Waals surface area contributed by atoms with E-state index in [0.29, 0.717) is 13.1 Å². The molecule has 0 saturated carbocycles. The van der Waals surface area contributed by atoms with Crippen molar-refractivity contribution in [2.45, 2.75) is 13.8 Å². The zero-order valence-electron chi connectivity index (χ0n) is 7.55. The van der Waals surface area contributed by atoms with Gasteiger partial charge in [0.25, 0.3) is 0 Å². The minimum atomic E-state index is -0.0481. The number of carbonyl (C=O) groups excluding carboxylic acids is 1. The molecule has 0 radical (unpaired) electrons. The molecule has 1 rings (SSSR count). The third-order valence-electron chi connectivity index (χ3n) is 2.04. The van der Waals surface area contributed by atoms with Crippen LogP contribution in [0.25, 0.3) is 0 Å². The molecule has 0 aromatic heterocycles. The van der Waals surface area contributed by atoms with Crippen LogP contribution in [-0.4, -0.2) is 24.0 Å². The van der Waals surface area contributed by atoms with E-state index >= 15 is 0 Å². The van der Waals surface area contributed by atoms with Gasteiger partial charge in [0.2, 0.25) is 0 Å². The molecule has 2 amide bonds. The highest BCUT2D eigenvalue weighted by atomic mass is 16.2. The van der Waals surface area contributed by atoms with Crippen LogP contribution in [0.4, 0.5) is 4.79 Å². The lowest BCUT2D eigenvalue weighted by Crippen LogP contribution is -2.45. The largest absolute Gasteiger partial charge is 0.334 e. The molecule has 0 aromatic carbocycles. The molecule has 1 N–H and O–H groups in total. The number of likely N-dealkylation sites (N-methyl/N-ethyl adjacent to an activating group) is 1. The molecule has 3 nitrogen and oxygen atoms in total. The number of hydrogen-bond donors (Lipinski definition) is 1. The van der Waals surface area contributed by atoms with Crippen molar-refractivity contribution in [2.75, 3.05) is 13.1 Å². The number of hydrogen-bond acceptors (Lipinski definition) is 1. The van der Waals surface area contributed by atoms with Gasteiger partial charge in [0.1, 0.15) is 0 Å². The molecular weight excluding hydrogens is 152 g/mol. The predicted molar refractivity (Wildman–Crippen MR) is 48.7 cm³/mol. The van der Waals surface area contributed by atoms with Crippen molar-refractivity contribution in [3.8, 4) is 0 Å². The molecule has 1 heterocycles. The van der Waals surface area contributed by atoms with E-state index in [9.17, 15) is 4.79 Å². The van der Waals surface area contributed by atoms with Gasteiger partial charge in [-0.15, -0.1) is 0 Å². The van der Waals surface area contributed by atoms with Crippen LogP contribution in [0.15, 0.2) is 23.9 Å². The molecule has 0 atom stereocenters. The summed E-state index contributed by atoms with van der Waals surface area (Å²) in [6.07, 6.45) is 1.98. The van der Waals surface area contributed by atoms with Crippen molar-refractivity contribution in [1.82, 2.24) is 10.2 Å². The number of urea groups is 1. The molecular formula is C9H14N2O. The quantitative estimate of drug-likeness (QED) is 0.629. The van der Waals surface area contributed by atoms with Gasteiger partial charge in [-0.3, -0.25) is 4.90 Å². The fraction of sp³-hybridized carbons (Fsp3) is 0.444. The van der Waals surface area contributed by atoms with E-state index in [-0.39, 0.29) is 6.03 Å². The normalized spacial score (nSPS) is 21.5. The Labute approximate surface area is 72.7 Å². The number of nitrogens with zero attached hydrogens (tertiary/aromatic N) is 1. The first-order valence-corrected chi connectivity index (χ1v) is 4.10. The molecule has 0 aromatic rings. The minimum absolute atomic E-state index is 0.0481. The fourth-order valence-corrected chi connectivity index (χ4v) is 1.27. The van der Waals surface area contributed by atoms with Crippen molar-refractivity contribution < 1.29 is 4.79 Å². The summed E-state index contributed by atoms with van der Waals surface area (Å²) in [4.78, 5) is 12.9. The highest BCUT2D eigenvalue weighted by molar-refractivity contribution is 5.79. The Bertz CT molecular complexity index is 243.